The topological polar surface area (TPSA) is 93.9 Å². The normalized spacial score (nSPS) is 11.4. The molecule has 0 saturated heterocycles. The van der Waals surface area contributed by atoms with Gasteiger partial charge in [0, 0.05) is 35.8 Å². The molecule has 0 unspecified atom stereocenters. The van der Waals surface area contributed by atoms with E-state index >= 15 is 0 Å². The van der Waals surface area contributed by atoms with Gasteiger partial charge in [-0.25, -0.2) is 13.9 Å². The van der Waals surface area contributed by atoms with Crippen molar-refractivity contribution in [3.63, 3.8) is 0 Å². The van der Waals surface area contributed by atoms with Crippen molar-refractivity contribution in [2.24, 2.45) is 0 Å². The first kappa shape index (κ1) is 18.9. The molecule has 5 rings (SSSR count). The average Bonchev–Trinajstić information content (AvgIpc) is 3.16. The van der Waals surface area contributed by atoms with Crippen LogP contribution in [0.3, 0.4) is 0 Å². The average molecular weight is 417 g/mol. The third kappa shape index (κ3) is 3.21. The highest BCUT2D eigenvalue weighted by Crippen LogP contribution is 2.25. The molecule has 1 N–H and O–H groups in total. The number of fused-ring (bicyclic) bond motifs is 2. The summed E-state index contributed by atoms with van der Waals surface area (Å²) in [6.45, 7) is -0.330. The number of halogens is 1. The molecular weight excluding hydrogens is 401 g/mol. The Kier molecular flexibility index (Phi) is 4.45. The van der Waals surface area contributed by atoms with Gasteiger partial charge in [0.05, 0.1) is 24.5 Å². The van der Waals surface area contributed by atoms with E-state index in [2.05, 4.69) is 10.1 Å². The van der Waals surface area contributed by atoms with Gasteiger partial charge in [-0.05, 0) is 36.4 Å². The van der Waals surface area contributed by atoms with E-state index in [1.54, 1.807) is 48.9 Å². The number of pyridine rings is 1. The molecule has 9 heteroatoms. The number of hydrogen-bond acceptors (Lipinski definition) is 5. The number of hydrogen-bond donors (Lipinski definition) is 1. The number of nitrogens with zero attached hydrogens (tertiary/aromatic N) is 5. The van der Waals surface area contributed by atoms with E-state index in [9.17, 15) is 19.1 Å². The first-order valence-corrected chi connectivity index (χ1v) is 9.50. The van der Waals surface area contributed by atoms with E-state index < -0.39 is 6.61 Å². The Labute approximate surface area is 174 Å². The Hall–Kier alpha value is -4.11. The summed E-state index contributed by atoms with van der Waals surface area (Å²) < 4.78 is 17.5. The first-order chi connectivity index (χ1) is 15.0. The van der Waals surface area contributed by atoms with Gasteiger partial charge in [-0.15, -0.1) is 0 Å². The van der Waals surface area contributed by atoms with Crippen LogP contribution in [-0.4, -0.2) is 28.7 Å². The minimum absolute atomic E-state index is 0.0812. The zero-order valence-corrected chi connectivity index (χ0v) is 16.1. The number of aliphatic hydroxyl groups excluding tert-OH is 1. The standard InChI is InChI=1S/C22H16FN5O3/c23-15-6-4-14(5-7-15)20-17(13-29)21-22(31)26(9-10-28(21)25-20)12-16-11-19(30)27-8-2-1-3-18(27)24-16/h1-11,29H,12-13H2. The van der Waals surface area contributed by atoms with Crippen molar-refractivity contribution in [2.45, 2.75) is 13.2 Å². The Morgan fingerprint density at radius 2 is 1.81 bits per heavy atom. The molecule has 4 heterocycles. The van der Waals surface area contributed by atoms with Crippen molar-refractivity contribution >= 4 is 11.2 Å². The van der Waals surface area contributed by atoms with Gasteiger partial charge in [-0.2, -0.15) is 5.10 Å². The summed E-state index contributed by atoms with van der Waals surface area (Å²) >= 11 is 0. The molecule has 0 spiro atoms. The lowest BCUT2D eigenvalue weighted by Crippen LogP contribution is -2.24. The van der Waals surface area contributed by atoms with Crippen LogP contribution in [0.4, 0.5) is 4.39 Å². The van der Waals surface area contributed by atoms with Crippen LogP contribution in [0.1, 0.15) is 11.3 Å². The minimum Gasteiger partial charge on any atom is -0.392 e. The first-order valence-electron chi connectivity index (χ1n) is 9.50. The molecule has 0 saturated carbocycles. The zero-order valence-electron chi connectivity index (χ0n) is 16.1. The third-order valence-corrected chi connectivity index (χ3v) is 5.09. The summed E-state index contributed by atoms with van der Waals surface area (Å²) in [6, 6.07) is 12.3. The summed E-state index contributed by atoms with van der Waals surface area (Å²) in [6.07, 6.45) is 4.77. The maximum atomic E-state index is 13.3. The molecule has 0 radical (unpaired) electrons. The molecule has 0 aliphatic rings. The van der Waals surface area contributed by atoms with Crippen LogP contribution >= 0.6 is 0 Å². The lowest BCUT2D eigenvalue weighted by atomic mass is 10.1. The van der Waals surface area contributed by atoms with E-state index in [0.29, 0.717) is 28.2 Å². The number of aliphatic hydroxyl groups is 1. The highest BCUT2D eigenvalue weighted by molar-refractivity contribution is 5.72. The molecule has 31 heavy (non-hydrogen) atoms. The SMILES string of the molecule is O=c1c2c(CO)c(-c3ccc(F)cc3)nn2ccn1Cc1cc(=O)n2ccccc2n1. The van der Waals surface area contributed by atoms with Crippen molar-refractivity contribution in [1.82, 2.24) is 23.6 Å². The molecule has 5 aromatic rings. The lowest BCUT2D eigenvalue weighted by molar-refractivity contribution is 0.283. The van der Waals surface area contributed by atoms with Gasteiger partial charge < -0.3 is 9.67 Å². The maximum absolute atomic E-state index is 13.3. The quantitative estimate of drug-likeness (QED) is 0.482. The fourth-order valence-corrected chi connectivity index (χ4v) is 3.62. The summed E-state index contributed by atoms with van der Waals surface area (Å²) in [7, 11) is 0. The van der Waals surface area contributed by atoms with Gasteiger partial charge >= 0.3 is 0 Å². The van der Waals surface area contributed by atoms with Crippen LogP contribution in [0.15, 0.2) is 76.7 Å². The second-order valence-corrected chi connectivity index (χ2v) is 7.03. The van der Waals surface area contributed by atoms with Crippen molar-refractivity contribution in [2.75, 3.05) is 0 Å². The van der Waals surface area contributed by atoms with Crippen LogP contribution in [0.2, 0.25) is 0 Å². The molecule has 0 aliphatic heterocycles. The maximum Gasteiger partial charge on any atom is 0.277 e. The summed E-state index contributed by atoms with van der Waals surface area (Å²) in [5.41, 5.74) is 1.84. The highest BCUT2D eigenvalue weighted by atomic mass is 19.1. The van der Waals surface area contributed by atoms with E-state index in [1.807, 2.05) is 0 Å². The fraction of sp³-hybridized carbons (Fsp3) is 0.0909. The molecule has 0 fully saturated rings. The number of aromatic nitrogens is 5. The van der Waals surface area contributed by atoms with Crippen molar-refractivity contribution in [3.8, 4) is 11.3 Å². The Balaban J connectivity index is 1.63. The van der Waals surface area contributed by atoms with Gasteiger partial charge in [-0.1, -0.05) is 6.07 Å². The Morgan fingerprint density at radius 1 is 1.00 bits per heavy atom. The lowest BCUT2D eigenvalue weighted by Gasteiger charge is -2.07. The monoisotopic (exact) mass is 417 g/mol. The van der Waals surface area contributed by atoms with E-state index in [4.69, 9.17) is 0 Å². The predicted molar refractivity (Wildman–Crippen MR) is 111 cm³/mol. The zero-order chi connectivity index (χ0) is 21.5. The summed E-state index contributed by atoms with van der Waals surface area (Å²) in [5, 5.41) is 14.3. The fourth-order valence-electron chi connectivity index (χ4n) is 3.62. The third-order valence-electron chi connectivity index (χ3n) is 5.09. The second kappa shape index (κ2) is 7.29. The molecule has 154 valence electrons. The van der Waals surface area contributed by atoms with E-state index in [-0.39, 0.29) is 29.0 Å². The molecule has 0 aliphatic carbocycles. The Bertz CT molecular complexity index is 1550. The molecule has 0 bridgehead atoms. The number of benzene rings is 1. The molecule has 0 atom stereocenters. The molecule has 4 aromatic heterocycles. The van der Waals surface area contributed by atoms with Gasteiger partial charge in [0.2, 0.25) is 0 Å². The molecule has 0 amide bonds. The summed E-state index contributed by atoms with van der Waals surface area (Å²) in [4.78, 5) is 30.0. The van der Waals surface area contributed by atoms with Gasteiger partial charge in [0.1, 0.15) is 17.0 Å². The molecular formula is C22H16FN5O3. The van der Waals surface area contributed by atoms with Crippen molar-refractivity contribution < 1.29 is 9.50 Å². The molecule has 1 aromatic carbocycles. The van der Waals surface area contributed by atoms with Gasteiger partial charge in [0.25, 0.3) is 11.1 Å². The molecule has 8 nitrogen and oxygen atoms in total. The van der Waals surface area contributed by atoms with Crippen LogP contribution in [0.25, 0.3) is 22.4 Å². The van der Waals surface area contributed by atoms with E-state index in [1.165, 1.54) is 31.7 Å². The number of rotatable bonds is 4. The van der Waals surface area contributed by atoms with Crippen molar-refractivity contribution in [1.29, 1.82) is 0 Å². The van der Waals surface area contributed by atoms with Gasteiger partial charge in [0.15, 0.2) is 0 Å². The van der Waals surface area contributed by atoms with Crippen LogP contribution in [0.5, 0.6) is 0 Å². The van der Waals surface area contributed by atoms with Crippen molar-refractivity contribution in [3.05, 3.63) is 105 Å². The van der Waals surface area contributed by atoms with Gasteiger partial charge in [-0.3, -0.25) is 14.0 Å². The second-order valence-electron chi connectivity index (χ2n) is 7.03. The van der Waals surface area contributed by atoms with Crippen LogP contribution < -0.4 is 11.1 Å². The minimum atomic E-state index is -0.412. The smallest absolute Gasteiger partial charge is 0.277 e. The largest absolute Gasteiger partial charge is 0.392 e. The van der Waals surface area contributed by atoms with Crippen LogP contribution in [-0.2, 0) is 13.2 Å². The summed E-state index contributed by atoms with van der Waals surface area (Å²) in [5.74, 6) is -0.390. The van der Waals surface area contributed by atoms with E-state index in [0.717, 1.165) is 0 Å². The Morgan fingerprint density at radius 3 is 2.58 bits per heavy atom. The highest BCUT2D eigenvalue weighted by Gasteiger charge is 2.18. The van der Waals surface area contributed by atoms with Crippen LogP contribution in [0, 0.1) is 5.82 Å². The predicted octanol–water partition coefficient (Wildman–Crippen LogP) is 1.85.